The lowest BCUT2D eigenvalue weighted by molar-refractivity contribution is 0.668. The van der Waals surface area contributed by atoms with Crippen molar-refractivity contribution in [3.8, 4) is 0 Å². The van der Waals surface area contributed by atoms with E-state index in [1.165, 1.54) is 37.7 Å². The molecule has 0 aliphatic rings. The smallest absolute Gasteiger partial charge is 0.00165 e. The topological polar surface area (TPSA) is 12.0 Å². The van der Waals surface area contributed by atoms with E-state index in [1.807, 2.05) is 0 Å². The zero-order valence-corrected chi connectivity index (χ0v) is 14.6. The van der Waals surface area contributed by atoms with Crippen molar-refractivity contribution in [2.24, 2.45) is 0 Å². The molecule has 0 aromatic carbocycles. The van der Waals surface area contributed by atoms with E-state index in [0.29, 0.717) is 0 Å². The molecule has 0 heterocycles. The second-order valence-electron chi connectivity index (χ2n) is 4.80. The Bertz CT molecular complexity index is 150. The van der Waals surface area contributed by atoms with Crippen LogP contribution in [0, 0.1) is 0 Å². The van der Waals surface area contributed by atoms with Crippen molar-refractivity contribution in [3.63, 3.8) is 0 Å². The second kappa shape index (κ2) is 10.7. The average Bonchev–Trinajstić information content (AvgIpc) is 2.32. The first-order valence-corrected chi connectivity index (χ1v) is 10.9. The Morgan fingerprint density at radius 1 is 0.706 bits per heavy atom. The Kier molecular flexibility index (Phi) is 11.2. The fraction of sp³-hybridized carbons (Fsp3) is 1.00. The molecular weight excluding hydrogens is 244 g/mol. The third-order valence-electron chi connectivity index (χ3n) is 3.75. The van der Waals surface area contributed by atoms with Crippen LogP contribution >= 0.6 is 15.8 Å². The van der Waals surface area contributed by atoms with Crippen molar-refractivity contribution in [2.45, 2.75) is 52.9 Å². The Balaban J connectivity index is 3.82. The maximum Gasteiger partial charge on any atom is 0.00165 e. The summed E-state index contributed by atoms with van der Waals surface area (Å²) < 4.78 is 0. The van der Waals surface area contributed by atoms with E-state index in [-0.39, 0.29) is 15.8 Å². The molecule has 2 atom stereocenters. The van der Waals surface area contributed by atoms with Gasteiger partial charge >= 0.3 is 0 Å². The lowest BCUT2D eigenvalue weighted by atomic mass is 10.4. The van der Waals surface area contributed by atoms with Crippen LogP contribution < -0.4 is 5.32 Å². The molecule has 0 rings (SSSR count). The molecule has 0 aliphatic heterocycles. The van der Waals surface area contributed by atoms with E-state index in [1.54, 1.807) is 0 Å². The van der Waals surface area contributed by atoms with Crippen LogP contribution in [0.3, 0.4) is 0 Å². The van der Waals surface area contributed by atoms with Crippen molar-refractivity contribution >= 4 is 15.8 Å². The van der Waals surface area contributed by atoms with Crippen molar-refractivity contribution in [1.82, 2.24) is 5.32 Å². The van der Waals surface area contributed by atoms with E-state index in [9.17, 15) is 0 Å². The van der Waals surface area contributed by atoms with Crippen LogP contribution in [0.25, 0.3) is 0 Å². The SMILES string of the molecule is CCP(CC)C(C)CNCC(C)P(CC)CC. The third kappa shape index (κ3) is 7.09. The highest BCUT2D eigenvalue weighted by molar-refractivity contribution is 7.58. The van der Waals surface area contributed by atoms with Gasteiger partial charge in [0.05, 0.1) is 0 Å². The fourth-order valence-corrected chi connectivity index (χ4v) is 6.62. The van der Waals surface area contributed by atoms with Gasteiger partial charge in [-0.2, -0.15) is 0 Å². The summed E-state index contributed by atoms with van der Waals surface area (Å²) in [5.41, 5.74) is 1.78. The molecule has 1 N–H and O–H groups in total. The van der Waals surface area contributed by atoms with Gasteiger partial charge in [0.15, 0.2) is 0 Å². The van der Waals surface area contributed by atoms with Gasteiger partial charge in [-0.1, -0.05) is 41.5 Å². The van der Waals surface area contributed by atoms with Gasteiger partial charge in [0.1, 0.15) is 0 Å². The first-order chi connectivity index (χ1) is 8.10. The predicted molar refractivity (Wildman–Crippen MR) is 87.8 cm³/mol. The van der Waals surface area contributed by atoms with Crippen LogP contribution in [0.1, 0.15) is 41.5 Å². The Morgan fingerprint density at radius 2 is 1.00 bits per heavy atom. The third-order valence-corrected chi connectivity index (χ3v) is 9.86. The van der Waals surface area contributed by atoms with Gasteiger partial charge < -0.3 is 5.32 Å². The van der Waals surface area contributed by atoms with Crippen LogP contribution in [0.5, 0.6) is 0 Å². The monoisotopic (exact) mass is 277 g/mol. The summed E-state index contributed by atoms with van der Waals surface area (Å²) in [4.78, 5) is 0. The molecule has 0 fully saturated rings. The minimum atomic E-state index is 0.272. The molecule has 0 spiro atoms. The number of hydrogen-bond acceptors (Lipinski definition) is 1. The fourth-order valence-electron chi connectivity index (χ4n) is 2.45. The normalized spacial score (nSPS) is 15.5. The summed E-state index contributed by atoms with van der Waals surface area (Å²) in [5.74, 6) is 0. The summed E-state index contributed by atoms with van der Waals surface area (Å²) >= 11 is 0. The Morgan fingerprint density at radius 3 is 1.24 bits per heavy atom. The second-order valence-corrected chi connectivity index (χ2v) is 11.4. The Hall–Kier alpha value is 0.820. The molecule has 0 bridgehead atoms. The molecule has 0 saturated carbocycles. The van der Waals surface area contributed by atoms with E-state index < -0.39 is 0 Å². The number of rotatable bonds is 10. The maximum atomic E-state index is 3.72. The van der Waals surface area contributed by atoms with E-state index in [0.717, 1.165) is 11.3 Å². The minimum absolute atomic E-state index is 0.272. The minimum Gasteiger partial charge on any atom is -0.315 e. The largest absolute Gasteiger partial charge is 0.315 e. The highest BCUT2D eigenvalue weighted by Crippen LogP contribution is 2.41. The lowest BCUT2D eigenvalue weighted by Crippen LogP contribution is -2.30. The van der Waals surface area contributed by atoms with E-state index in [2.05, 4.69) is 46.9 Å². The summed E-state index contributed by atoms with van der Waals surface area (Å²) in [6.45, 7) is 16.7. The van der Waals surface area contributed by atoms with Crippen molar-refractivity contribution in [1.29, 1.82) is 0 Å². The van der Waals surface area contributed by atoms with Gasteiger partial charge in [-0.3, -0.25) is 0 Å². The standard InChI is InChI=1S/C14H33NP2/c1-7-16(8-2)13(5)11-15-12-14(6)17(9-3)10-4/h13-15H,7-12H2,1-6H3. The van der Waals surface area contributed by atoms with Gasteiger partial charge in [0.25, 0.3) is 0 Å². The van der Waals surface area contributed by atoms with Crippen LogP contribution in [0.2, 0.25) is 0 Å². The van der Waals surface area contributed by atoms with E-state index >= 15 is 0 Å². The molecule has 0 radical (unpaired) electrons. The molecule has 0 amide bonds. The molecule has 2 unspecified atom stereocenters. The molecule has 0 aromatic heterocycles. The van der Waals surface area contributed by atoms with Gasteiger partial charge in [0.2, 0.25) is 0 Å². The number of nitrogens with one attached hydrogen (secondary N) is 1. The number of hydrogen-bond donors (Lipinski definition) is 1. The molecule has 3 heteroatoms. The van der Waals surface area contributed by atoms with Gasteiger partial charge in [0, 0.05) is 13.1 Å². The zero-order valence-electron chi connectivity index (χ0n) is 12.8. The summed E-state index contributed by atoms with van der Waals surface area (Å²) in [7, 11) is 0.544. The van der Waals surface area contributed by atoms with Crippen LogP contribution in [0.4, 0.5) is 0 Å². The van der Waals surface area contributed by atoms with Gasteiger partial charge in [-0.05, 0) is 36.0 Å². The molecule has 0 saturated heterocycles. The summed E-state index contributed by atoms with van der Waals surface area (Å²) in [6.07, 6.45) is 5.56. The van der Waals surface area contributed by atoms with Crippen molar-refractivity contribution < 1.29 is 0 Å². The van der Waals surface area contributed by atoms with Crippen LogP contribution in [-0.2, 0) is 0 Å². The molecular formula is C14H33NP2. The first-order valence-electron chi connectivity index (χ1n) is 7.29. The van der Waals surface area contributed by atoms with Gasteiger partial charge in [-0.15, -0.1) is 15.8 Å². The highest BCUT2D eigenvalue weighted by Gasteiger charge is 2.15. The summed E-state index contributed by atoms with van der Waals surface area (Å²) in [5, 5.41) is 3.72. The average molecular weight is 277 g/mol. The highest BCUT2D eigenvalue weighted by atomic mass is 31.1. The Labute approximate surface area is 112 Å². The predicted octanol–water partition coefficient (Wildman–Crippen LogP) is 4.40. The molecule has 1 nitrogen and oxygen atoms in total. The molecule has 0 aromatic rings. The van der Waals surface area contributed by atoms with Gasteiger partial charge in [-0.25, -0.2) is 0 Å². The molecule has 0 aliphatic carbocycles. The maximum absolute atomic E-state index is 3.72. The van der Waals surface area contributed by atoms with Crippen LogP contribution in [-0.4, -0.2) is 49.1 Å². The van der Waals surface area contributed by atoms with E-state index in [4.69, 9.17) is 0 Å². The summed E-state index contributed by atoms with van der Waals surface area (Å²) in [6, 6.07) is 0. The van der Waals surface area contributed by atoms with Crippen LogP contribution in [0.15, 0.2) is 0 Å². The zero-order chi connectivity index (χ0) is 13.3. The van der Waals surface area contributed by atoms with Crippen molar-refractivity contribution in [2.75, 3.05) is 37.7 Å². The quantitative estimate of drug-likeness (QED) is 0.584. The first kappa shape index (κ1) is 17.8. The molecule has 104 valence electrons. The molecule has 17 heavy (non-hydrogen) atoms. The van der Waals surface area contributed by atoms with Crippen molar-refractivity contribution in [3.05, 3.63) is 0 Å². The lowest BCUT2D eigenvalue weighted by Gasteiger charge is -2.26.